The van der Waals surface area contributed by atoms with Gasteiger partial charge in [0.15, 0.2) is 11.3 Å². The number of nitrogens with one attached hydrogen (secondary N) is 2. The van der Waals surface area contributed by atoms with Gasteiger partial charge in [-0.05, 0) is 48.5 Å². The van der Waals surface area contributed by atoms with Crippen LogP contribution >= 0.6 is 0 Å². The first-order chi connectivity index (χ1) is 12.3. The highest BCUT2D eigenvalue weighted by molar-refractivity contribution is 6.04. The lowest BCUT2D eigenvalue weighted by atomic mass is 10.2. The summed E-state index contributed by atoms with van der Waals surface area (Å²) in [4.78, 5) is 16.5. The van der Waals surface area contributed by atoms with E-state index in [2.05, 4.69) is 15.6 Å². The molecular weight excluding hydrogens is 314 g/mol. The predicted molar refractivity (Wildman–Crippen MR) is 98.1 cm³/mol. The lowest BCUT2D eigenvalue weighted by molar-refractivity contribution is 0.0998. The smallest absolute Gasteiger partial charge is 0.291 e. The second kappa shape index (κ2) is 6.49. The number of hydrogen-bond donors (Lipinski definition) is 2. The molecule has 0 saturated carbocycles. The Morgan fingerprint density at radius 3 is 2.32 bits per heavy atom. The molecule has 4 aromatic rings. The average Bonchev–Trinajstić information content (AvgIpc) is 3.09. The second-order valence-corrected chi connectivity index (χ2v) is 5.52. The van der Waals surface area contributed by atoms with Gasteiger partial charge in [-0.15, -0.1) is 0 Å². The molecule has 5 heteroatoms. The van der Waals surface area contributed by atoms with E-state index in [0.717, 1.165) is 11.4 Å². The summed E-state index contributed by atoms with van der Waals surface area (Å²) in [6, 6.07) is 22.6. The average molecular weight is 329 g/mol. The van der Waals surface area contributed by atoms with E-state index >= 15 is 0 Å². The number of fused-ring (bicyclic) bond motifs is 1. The molecular formula is C20H15N3O2. The van der Waals surface area contributed by atoms with E-state index in [-0.39, 0.29) is 11.7 Å². The molecule has 0 aliphatic rings. The number of carbonyl (C=O) groups excluding carboxylic acids is 1. The highest BCUT2D eigenvalue weighted by atomic mass is 16.3. The van der Waals surface area contributed by atoms with Gasteiger partial charge in [-0.3, -0.25) is 9.78 Å². The van der Waals surface area contributed by atoms with Crippen molar-refractivity contribution >= 4 is 34.1 Å². The standard InChI is InChI=1S/C20H15N3O2/c24-20(19-13-17-18(25-19)7-4-12-21-17)23-16-10-8-15(9-11-16)22-14-5-2-1-3-6-14/h1-13,22H,(H,23,24). The van der Waals surface area contributed by atoms with E-state index < -0.39 is 0 Å². The minimum absolute atomic E-state index is 0.236. The third kappa shape index (κ3) is 3.35. The molecule has 0 spiro atoms. The molecule has 0 unspecified atom stereocenters. The fourth-order valence-corrected chi connectivity index (χ4v) is 2.50. The first-order valence-electron chi connectivity index (χ1n) is 7.86. The molecule has 4 rings (SSSR count). The highest BCUT2D eigenvalue weighted by Crippen LogP contribution is 2.21. The zero-order valence-corrected chi connectivity index (χ0v) is 13.3. The predicted octanol–water partition coefficient (Wildman–Crippen LogP) is 4.82. The lowest BCUT2D eigenvalue weighted by Crippen LogP contribution is -2.10. The van der Waals surface area contributed by atoms with Crippen molar-refractivity contribution in [2.75, 3.05) is 10.6 Å². The van der Waals surface area contributed by atoms with Gasteiger partial charge in [-0.1, -0.05) is 18.2 Å². The molecule has 0 aliphatic carbocycles. The maximum atomic E-state index is 12.3. The Morgan fingerprint density at radius 2 is 1.56 bits per heavy atom. The van der Waals surface area contributed by atoms with Gasteiger partial charge in [0.25, 0.3) is 5.91 Å². The molecule has 0 aliphatic heterocycles. The Hall–Kier alpha value is -3.60. The largest absolute Gasteiger partial charge is 0.449 e. The number of furan rings is 1. The number of rotatable bonds is 4. The van der Waals surface area contributed by atoms with Crippen molar-refractivity contribution in [3.63, 3.8) is 0 Å². The van der Waals surface area contributed by atoms with E-state index in [1.165, 1.54) is 0 Å². The van der Waals surface area contributed by atoms with Crippen molar-refractivity contribution in [2.24, 2.45) is 0 Å². The summed E-state index contributed by atoms with van der Waals surface area (Å²) in [5.74, 6) is -0.0676. The molecule has 0 atom stereocenters. The normalized spacial score (nSPS) is 10.6. The van der Waals surface area contributed by atoms with Crippen LogP contribution in [0.4, 0.5) is 17.1 Å². The fraction of sp³-hybridized carbons (Fsp3) is 0. The number of anilines is 3. The van der Waals surface area contributed by atoms with Crippen LogP contribution in [0, 0.1) is 0 Å². The molecule has 122 valence electrons. The van der Waals surface area contributed by atoms with E-state index in [1.54, 1.807) is 24.4 Å². The van der Waals surface area contributed by atoms with Crippen LogP contribution in [0.1, 0.15) is 10.6 Å². The summed E-state index contributed by atoms with van der Waals surface area (Å²) in [6.45, 7) is 0. The van der Waals surface area contributed by atoms with Crippen LogP contribution in [-0.2, 0) is 0 Å². The van der Waals surface area contributed by atoms with Gasteiger partial charge in [0.2, 0.25) is 0 Å². The van der Waals surface area contributed by atoms with Gasteiger partial charge in [0.1, 0.15) is 5.52 Å². The molecule has 5 nitrogen and oxygen atoms in total. The van der Waals surface area contributed by atoms with Gasteiger partial charge in [0, 0.05) is 29.3 Å². The topological polar surface area (TPSA) is 67.2 Å². The number of para-hydroxylation sites is 1. The van der Waals surface area contributed by atoms with Gasteiger partial charge in [0.05, 0.1) is 0 Å². The van der Waals surface area contributed by atoms with Crippen LogP contribution in [0.15, 0.2) is 83.4 Å². The molecule has 0 radical (unpaired) electrons. The molecule has 2 heterocycles. The zero-order valence-electron chi connectivity index (χ0n) is 13.3. The summed E-state index contributed by atoms with van der Waals surface area (Å²) in [6.07, 6.45) is 1.66. The Balaban J connectivity index is 1.46. The first-order valence-corrected chi connectivity index (χ1v) is 7.86. The number of carbonyl (C=O) groups is 1. The summed E-state index contributed by atoms with van der Waals surface area (Å²) >= 11 is 0. The number of nitrogens with zero attached hydrogens (tertiary/aromatic N) is 1. The van der Waals surface area contributed by atoms with Crippen molar-refractivity contribution in [1.82, 2.24) is 4.98 Å². The fourth-order valence-electron chi connectivity index (χ4n) is 2.50. The summed E-state index contributed by atoms with van der Waals surface area (Å²) in [7, 11) is 0. The number of aromatic nitrogens is 1. The van der Waals surface area contributed by atoms with Crippen LogP contribution < -0.4 is 10.6 Å². The van der Waals surface area contributed by atoms with E-state index in [4.69, 9.17) is 4.42 Å². The van der Waals surface area contributed by atoms with E-state index in [0.29, 0.717) is 16.8 Å². The maximum Gasteiger partial charge on any atom is 0.291 e. The van der Waals surface area contributed by atoms with Gasteiger partial charge < -0.3 is 15.1 Å². The summed E-state index contributed by atoms with van der Waals surface area (Å²) in [5.41, 5.74) is 3.90. The second-order valence-electron chi connectivity index (χ2n) is 5.52. The number of hydrogen-bond acceptors (Lipinski definition) is 4. The molecule has 0 bridgehead atoms. The van der Waals surface area contributed by atoms with Gasteiger partial charge >= 0.3 is 0 Å². The Kier molecular flexibility index (Phi) is 3.88. The monoisotopic (exact) mass is 329 g/mol. The van der Waals surface area contributed by atoms with Crippen LogP contribution in [0.25, 0.3) is 11.1 Å². The molecule has 2 N–H and O–H groups in total. The third-order valence-corrected chi connectivity index (χ3v) is 3.72. The van der Waals surface area contributed by atoms with Gasteiger partial charge in [-0.25, -0.2) is 0 Å². The quantitative estimate of drug-likeness (QED) is 0.563. The van der Waals surface area contributed by atoms with Crippen molar-refractivity contribution in [3.05, 3.63) is 84.8 Å². The molecule has 1 amide bonds. The first kappa shape index (κ1) is 15.0. The van der Waals surface area contributed by atoms with Crippen LogP contribution in [0.3, 0.4) is 0 Å². The van der Waals surface area contributed by atoms with E-state index in [1.807, 2.05) is 54.6 Å². The third-order valence-electron chi connectivity index (χ3n) is 3.72. The van der Waals surface area contributed by atoms with Crippen molar-refractivity contribution in [3.8, 4) is 0 Å². The number of pyridine rings is 1. The maximum absolute atomic E-state index is 12.3. The molecule has 25 heavy (non-hydrogen) atoms. The minimum Gasteiger partial charge on any atom is -0.449 e. The molecule has 2 aromatic carbocycles. The van der Waals surface area contributed by atoms with Gasteiger partial charge in [-0.2, -0.15) is 0 Å². The lowest BCUT2D eigenvalue weighted by Gasteiger charge is -2.08. The zero-order chi connectivity index (χ0) is 17.1. The highest BCUT2D eigenvalue weighted by Gasteiger charge is 2.12. The van der Waals surface area contributed by atoms with Crippen LogP contribution in [-0.4, -0.2) is 10.9 Å². The van der Waals surface area contributed by atoms with Crippen molar-refractivity contribution in [1.29, 1.82) is 0 Å². The Labute approximate surface area is 144 Å². The number of benzene rings is 2. The van der Waals surface area contributed by atoms with Crippen LogP contribution in [0.2, 0.25) is 0 Å². The Morgan fingerprint density at radius 1 is 0.840 bits per heavy atom. The summed E-state index contributed by atoms with van der Waals surface area (Å²) in [5, 5.41) is 6.12. The summed E-state index contributed by atoms with van der Waals surface area (Å²) < 4.78 is 5.52. The molecule has 2 aromatic heterocycles. The molecule has 0 saturated heterocycles. The van der Waals surface area contributed by atoms with Crippen molar-refractivity contribution in [2.45, 2.75) is 0 Å². The minimum atomic E-state index is -0.304. The van der Waals surface area contributed by atoms with E-state index in [9.17, 15) is 4.79 Å². The number of amides is 1. The van der Waals surface area contributed by atoms with Crippen molar-refractivity contribution < 1.29 is 9.21 Å². The Bertz CT molecular complexity index is 975. The molecule has 0 fully saturated rings. The SMILES string of the molecule is O=C(Nc1ccc(Nc2ccccc2)cc1)c1cc2ncccc2o1. The van der Waals surface area contributed by atoms with Crippen LogP contribution in [0.5, 0.6) is 0 Å².